The van der Waals surface area contributed by atoms with E-state index in [9.17, 15) is 9.59 Å². The summed E-state index contributed by atoms with van der Waals surface area (Å²) in [6.45, 7) is 0.717. The number of carbonyl (C=O) groups is 2. The molecule has 0 fully saturated rings. The molecule has 0 atom stereocenters. The zero-order valence-corrected chi connectivity index (χ0v) is 15.0. The molecule has 0 spiro atoms. The number of methoxy groups -OCH3 is 1. The largest absolute Gasteiger partial charge is 0.468 e. The molecule has 1 aliphatic rings. The number of hydrogen-bond acceptors (Lipinski definition) is 4. The van der Waals surface area contributed by atoms with Crippen molar-refractivity contribution < 1.29 is 14.3 Å². The van der Waals surface area contributed by atoms with Crippen LogP contribution in [0, 0.1) is 0 Å². The summed E-state index contributed by atoms with van der Waals surface area (Å²) < 4.78 is 6.69. The van der Waals surface area contributed by atoms with Gasteiger partial charge < -0.3 is 14.2 Å². The molecule has 6 nitrogen and oxygen atoms in total. The van der Waals surface area contributed by atoms with E-state index in [1.807, 2.05) is 31.3 Å². The van der Waals surface area contributed by atoms with E-state index in [2.05, 4.69) is 4.98 Å². The average Bonchev–Trinajstić information content (AvgIpc) is 2.96. The van der Waals surface area contributed by atoms with Crippen LogP contribution in [0.25, 0.3) is 21.8 Å². The number of benzene rings is 1. The van der Waals surface area contributed by atoms with Crippen molar-refractivity contribution in [3.05, 3.63) is 41.7 Å². The number of rotatable bonds is 2. The molecule has 1 aliphatic heterocycles. The number of esters is 1. The summed E-state index contributed by atoms with van der Waals surface area (Å²) >= 11 is 0. The quantitative estimate of drug-likeness (QED) is 0.666. The number of pyridine rings is 1. The Bertz CT molecular complexity index is 1020. The molecule has 0 saturated carbocycles. The van der Waals surface area contributed by atoms with Crippen LogP contribution in [0.15, 0.2) is 30.5 Å². The minimum atomic E-state index is -0.379. The number of hydrogen-bond donors (Lipinski definition) is 0. The van der Waals surface area contributed by atoms with Crippen molar-refractivity contribution in [1.29, 1.82) is 0 Å². The zero-order valence-electron chi connectivity index (χ0n) is 15.0. The van der Waals surface area contributed by atoms with Crippen LogP contribution < -0.4 is 0 Å². The fourth-order valence-electron chi connectivity index (χ4n) is 3.83. The van der Waals surface area contributed by atoms with Gasteiger partial charge in [-0.3, -0.25) is 14.6 Å². The van der Waals surface area contributed by atoms with Crippen molar-refractivity contribution in [3.8, 4) is 0 Å². The smallest absolute Gasteiger partial charge is 0.325 e. The van der Waals surface area contributed by atoms with E-state index in [-0.39, 0.29) is 18.4 Å². The van der Waals surface area contributed by atoms with Gasteiger partial charge in [0.1, 0.15) is 12.2 Å². The highest BCUT2D eigenvalue weighted by Crippen LogP contribution is 2.34. The summed E-state index contributed by atoms with van der Waals surface area (Å²) in [5.74, 6) is -0.431. The van der Waals surface area contributed by atoms with E-state index in [4.69, 9.17) is 4.74 Å². The number of amides is 1. The van der Waals surface area contributed by atoms with Gasteiger partial charge in [0.25, 0.3) is 5.91 Å². The lowest BCUT2D eigenvalue weighted by Crippen LogP contribution is -2.32. The summed E-state index contributed by atoms with van der Waals surface area (Å²) in [5.41, 5.74) is 3.23. The van der Waals surface area contributed by atoms with Gasteiger partial charge in [0.15, 0.2) is 0 Å². The maximum absolute atomic E-state index is 13.1. The van der Waals surface area contributed by atoms with Crippen LogP contribution >= 0.6 is 0 Å². The Hall–Kier alpha value is -2.89. The fraction of sp³-hybridized carbons (Fsp3) is 0.350. The van der Waals surface area contributed by atoms with Gasteiger partial charge >= 0.3 is 5.97 Å². The van der Waals surface area contributed by atoms with Crippen molar-refractivity contribution in [3.63, 3.8) is 0 Å². The molecule has 6 heteroatoms. The molecule has 2 aromatic heterocycles. The van der Waals surface area contributed by atoms with Crippen LogP contribution in [-0.4, -0.2) is 47.0 Å². The van der Waals surface area contributed by atoms with Crippen LogP contribution in [0.3, 0.4) is 0 Å². The molecule has 0 aliphatic carbocycles. The van der Waals surface area contributed by atoms with Crippen LogP contribution in [-0.2, 0) is 22.5 Å². The molecule has 3 heterocycles. The second-order valence-corrected chi connectivity index (χ2v) is 6.71. The molecule has 0 saturated heterocycles. The Labute approximate surface area is 151 Å². The standard InChI is InChI=1S/C20H21N3O3/c1-22-11-4-3-7-14-15-9-8-13-6-5-10-21-17(13)18(15)23(12-16(24)26-2)19(14)20(22)25/h5-6,8-10H,3-4,7,11-12H2,1-2H3. The average molecular weight is 351 g/mol. The number of aryl methyl sites for hydroxylation is 1. The minimum absolute atomic E-state index is 0.00238. The van der Waals surface area contributed by atoms with Crippen molar-refractivity contribution in [2.75, 3.05) is 20.7 Å². The number of ether oxygens (including phenoxy) is 1. The lowest BCUT2D eigenvalue weighted by molar-refractivity contribution is -0.141. The minimum Gasteiger partial charge on any atom is -0.468 e. The Morgan fingerprint density at radius 3 is 2.92 bits per heavy atom. The van der Waals surface area contributed by atoms with Gasteiger partial charge in [-0.2, -0.15) is 0 Å². The maximum Gasteiger partial charge on any atom is 0.325 e. The Balaban J connectivity index is 2.10. The number of fused-ring (bicyclic) bond motifs is 5. The summed E-state index contributed by atoms with van der Waals surface area (Å²) in [4.78, 5) is 31.5. The summed E-state index contributed by atoms with van der Waals surface area (Å²) in [6, 6.07) is 7.94. The summed E-state index contributed by atoms with van der Waals surface area (Å²) in [7, 11) is 3.18. The molecule has 134 valence electrons. The molecule has 0 N–H and O–H groups in total. The third-order valence-corrected chi connectivity index (χ3v) is 5.13. The third-order valence-electron chi connectivity index (χ3n) is 5.13. The molecule has 1 amide bonds. The van der Waals surface area contributed by atoms with Gasteiger partial charge in [0, 0.05) is 30.6 Å². The molecular weight excluding hydrogens is 330 g/mol. The second kappa shape index (κ2) is 6.44. The Kier molecular flexibility index (Phi) is 4.11. The normalized spacial score (nSPS) is 15.0. The van der Waals surface area contributed by atoms with Crippen molar-refractivity contribution >= 4 is 33.7 Å². The van der Waals surface area contributed by atoms with Gasteiger partial charge in [-0.1, -0.05) is 18.2 Å². The van der Waals surface area contributed by atoms with Gasteiger partial charge in [-0.25, -0.2) is 0 Å². The zero-order chi connectivity index (χ0) is 18.3. The van der Waals surface area contributed by atoms with Crippen LogP contribution in [0.4, 0.5) is 0 Å². The highest BCUT2D eigenvalue weighted by molar-refractivity contribution is 6.10. The van der Waals surface area contributed by atoms with Crippen molar-refractivity contribution in [2.45, 2.75) is 25.8 Å². The first-order valence-electron chi connectivity index (χ1n) is 8.83. The summed E-state index contributed by atoms with van der Waals surface area (Å²) in [6.07, 6.45) is 4.53. The molecule has 3 aromatic rings. The van der Waals surface area contributed by atoms with E-state index in [1.165, 1.54) is 7.11 Å². The first-order chi connectivity index (χ1) is 12.6. The molecule has 1 aromatic carbocycles. The lowest BCUT2D eigenvalue weighted by atomic mass is 10.0. The van der Waals surface area contributed by atoms with Crippen molar-refractivity contribution in [2.24, 2.45) is 0 Å². The van der Waals surface area contributed by atoms with E-state index < -0.39 is 0 Å². The number of nitrogens with zero attached hydrogens (tertiary/aromatic N) is 3. The predicted octanol–water partition coefficient (Wildman–Crippen LogP) is 2.77. The SMILES string of the molecule is COC(=O)Cn1c2c(c3ccc4cccnc4c31)CCCCN(C)C2=O. The molecule has 0 radical (unpaired) electrons. The van der Waals surface area contributed by atoms with Crippen LogP contribution in [0.1, 0.15) is 28.9 Å². The van der Waals surface area contributed by atoms with Gasteiger partial charge in [0.05, 0.1) is 18.1 Å². The van der Waals surface area contributed by atoms with E-state index in [0.717, 1.165) is 53.2 Å². The van der Waals surface area contributed by atoms with E-state index in [0.29, 0.717) is 5.69 Å². The van der Waals surface area contributed by atoms with Gasteiger partial charge in [-0.15, -0.1) is 0 Å². The van der Waals surface area contributed by atoms with Gasteiger partial charge in [0.2, 0.25) is 0 Å². The number of carbonyl (C=O) groups excluding carboxylic acids is 2. The lowest BCUT2D eigenvalue weighted by Gasteiger charge is -2.22. The first-order valence-corrected chi connectivity index (χ1v) is 8.83. The summed E-state index contributed by atoms with van der Waals surface area (Å²) in [5, 5.41) is 1.98. The maximum atomic E-state index is 13.1. The molecular formula is C20H21N3O3. The fourth-order valence-corrected chi connectivity index (χ4v) is 3.83. The Morgan fingerprint density at radius 1 is 1.27 bits per heavy atom. The van der Waals surface area contributed by atoms with E-state index >= 15 is 0 Å². The van der Waals surface area contributed by atoms with Crippen LogP contribution in [0.5, 0.6) is 0 Å². The molecule has 0 bridgehead atoms. The molecule has 4 rings (SSSR count). The second-order valence-electron chi connectivity index (χ2n) is 6.71. The highest BCUT2D eigenvalue weighted by Gasteiger charge is 2.28. The molecule has 26 heavy (non-hydrogen) atoms. The third kappa shape index (κ3) is 2.53. The highest BCUT2D eigenvalue weighted by atomic mass is 16.5. The predicted molar refractivity (Wildman–Crippen MR) is 99.2 cm³/mol. The van der Waals surface area contributed by atoms with Crippen LogP contribution in [0.2, 0.25) is 0 Å². The molecule has 0 unspecified atom stereocenters. The topological polar surface area (TPSA) is 64.4 Å². The Morgan fingerprint density at radius 2 is 2.12 bits per heavy atom. The van der Waals surface area contributed by atoms with Gasteiger partial charge in [-0.05, 0) is 30.9 Å². The van der Waals surface area contributed by atoms with E-state index in [1.54, 1.807) is 15.7 Å². The van der Waals surface area contributed by atoms with Crippen molar-refractivity contribution in [1.82, 2.24) is 14.5 Å². The monoisotopic (exact) mass is 351 g/mol. The first kappa shape index (κ1) is 16.6. The number of aromatic nitrogens is 2.